The van der Waals surface area contributed by atoms with Crippen LogP contribution in [0.2, 0.25) is 5.02 Å². The van der Waals surface area contributed by atoms with E-state index in [1.54, 1.807) is 35.2 Å². The molecule has 126 valence electrons. The fourth-order valence-corrected chi connectivity index (χ4v) is 3.91. The van der Waals surface area contributed by atoms with Gasteiger partial charge in [-0.1, -0.05) is 11.6 Å². The Morgan fingerprint density at radius 2 is 2.24 bits per heavy atom. The van der Waals surface area contributed by atoms with Crippen molar-refractivity contribution in [2.45, 2.75) is 4.90 Å². The maximum Gasteiger partial charge on any atom is 0.170 e. The zero-order valence-corrected chi connectivity index (χ0v) is 14.5. The summed E-state index contributed by atoms with van der Waals surface area (Å²) in [6.07, 6.45) is 5.66. The second-order valence-corrected chi connectivity index (χ2v) is 6.54. The van der Waals surface area contributed by atoms with Crippen molar-refractivity contribution in [3.05, 3.63) is 41.1 Å². The topological polar surface area (TPSA) is 89.1 Å². The lowest BCUT2D eigenvalue weighted by atomic mass is 10.0. The fourth-order valence-electron chi connectivity index (χ4n) is 2.91. The van der Waals surface area contributed by atoms with Crippen LogP contribution in [0.5, 0.6) is 0 Å². The summed E-state index contributed by atoms with van der Waals surface area (Å²) in [6.45, 7) is 0. The van der Waals surface area contributed by atoms with Gasteiger partial charge in [0.2, 0.25) is 0 Å². The van der Waals surface area contributed by atoms with E-state index in [1.807, 2.05) is 0 Å². The molecule has 0 unspecified atom stereocenters. The molecule has 3 heterocycles. The average Bonchev–Trinajstić information content (AvgIpc) is 3.19. The molecule has 0 fully saturated rings. The first-order valence-corrected chi connectivity index (χ1v) is 8.78. The molecule has 25 heavy (non-hydrogen) atoms. The molecule has 4 rings (SSSR count). The Kier molecular flexibility index (Phi) is 3.66. The zero-order valence-electron chi connectivity index (χ0n) is 12.9. The van der Waals surface area contributed by atoms with Gasteiger partial charge in [-0.2, -0.15) is 5.10 Å². The quantitative estimate of drug-likeness (QED) is 0.420. The maximum absolute atomic E-state index is 14.7. The van der Waals surface area contributed by atoms with Gasteiger partial charge in [0.25, 0.3) is 0 Å². The number of rotatable bonds is 3. The average molecular weight is 376 g/mol. The highest BCUT2D eigenvalue weighted by Gasteiger charge is 2.21. The van der Waals surface area contributed by atoms with Gasteiger partial charge >= 0.3 is 0 Å². The van der Waals surface area contributed by atoms with Crippen LogP contribution in [0.4, 0.5) is 10.2 Å². The molecule has 1 aromatic carbocycles. The number of carbonyl (C=O) groups is 1. The van der Waals surface area contributed by atoms with Crippen molar-refractivity contribution < 1.29 is 9.18 Å². The van der Waals surface area contributed by atoms with E-state index in [4.69, 9.17) is 17.3 Å². The lowest BCUT2D eigenvalue weighted by Crippen LogP contribution is -1.96. The molecule has 3 N–H and O–H groups in total. The number of hydrogen-bond acceptors (Lipinski definition) is 5. The number of fused-ring (bicyclic) bond motifs is 2. The number of anilines is 1. The predicted molar refractivity (Wildman–Crippen MR) is 96.8 cm³/mol. The Labute approximate surface area is 150 Å². The number of nitrogens with zero attached hydrogens (tertiary/aromatic N) is 3. The van der Waals surface area contributed by atoms with Crippen LogP contribution in [-0.2, 0) is 0 Å². The Balaban J connectivity index is 2.08. The van der Waals surface area contributed by atoms with Crippen LogP contribution in [0.3, 0.4) is 0 Å². The summed E-state index contributed by atoms with van der Waals surface area (Å²) in [5.41, 5.74) is 8.19. The molecule has 0 atom stereocenters. The smallest absolute Gasteiger partial charge is 0.170 e. The second-order valence-electron chi connectivity index (χ2n) is 5.34. The summed E-state index contributed by atoms with van der Waals surface area (Å²) in [7, 11) is 0. The molecule has 0 spiro atoms. The number of halogens is 2. The summed E-state index contributed by atoms with van der Waals surface area (Å²) in [4.78, 5) is 15.8. The SMILES string of the molecule is CSc1c(F)c(Cl)c(-c2ccc3nc(N)c(C=O)n3c2)c2cn[nH]c12. The summed E-state index contributed by atoms with van der Waals surface area (Å²) in [5, 5.41) is 7.52. The number of nitrogens with two attached hydrogens (primary N) is 1. The van der Waals surface area contributed by atoms with Crippen LogP contribution in [0, 0.1) is 5.82 Å². The Morgan fingerprint density at radius 3 is 2.96 bits per heavy atom. The standard InChI is InChI=1S/C16H11ClFN5OS/c1-25-15-13(18)12(17)11(8-4-20-22-14(8)15)7-2-3-10-21-16(19)9(6-24)23(10)5-7/h2-6H,19H2,1H3,(H,20,22). The van der Waals surface area contributed by atoms with Gasteiger partial charge in [0, 0.05) is 22.7 Å². The van der Waals surface area contributed by atoms with E-state index in [2.05, 4.69) is 15.2 Å². The molecule has 4 aromatic rings. The number of carbonyl (C=O) groups excluding carboxylic acids is 1. The van der Waals surface area contributed by atoms with Gasteiger partial charge in [0.15, 0.2) is 17.9 Å². The van der Waals surface area contributed by atoms with Crippen LogP contribution >= 0.6 is 23.4 Å². The number of aromatic amines is 1. The van der Waals surface area contributed by atoms with Crippen LogP contribution in [0.15, 0.2) is 29.4 Å². The molecule has 0 saturated carbocycles. The van der Waals surface area contributed by atoms with Crippen LogP contribution in [-0.4, -0.2) is 32.1 Å². The maximum atomic E-state index is 14.7. The molecule has 0 bridgehead atoms. The number of pyridine rings is 1. The van der Waals surface area contributed by atoms with E-state index in [9.17, 15) is 9.18 Å². The Bertz CT molecular complexity index is 1150. The highest BCUT2D eigenvalue weighted by molar-refractivity contribution is 7.98. The first kappa shape index (κ1) is 15.9. The number of nitrogen functional groups attached to an aromatic ring is 1. The number of imidazole rings is 1. The van der Waals surface area contributed by atoms with Crippen molar-refractivity contribution in [2.75, 3.05) is 12.0 Å². The number of benzene rings is 1. The van der Waals surface area contributed by atoms with Crippen molar-refractivity contribution >= 4 is 52.0 Å². The fraction of sp³-hybridized carbons (Fsp3) is 0.0625. The van der Waals surface area contributed by atoms with Crippen LogP contribution in [0.25, 0.3) is 27.7 Å². The number of nitrogens with one attached hydrogen (secondary N) is 1. The minimum Gasteiger partial charge on any atom is -0.382 e. The highest BCUT2D eigenvalue weighted by atomic mass is 35.5. The summed E-state index contributed by atoms with van der Waals surface area (Å²) in [5.74, 6) is -0.377. The van der Waals surface area contributed by atoms with E-state index >= 15 is 0 Å². The van der Waals surface area contributed by atoms with Gasteiger partial charge in [-0.15, -0.1) is 11.8 Å². The van der Waals surface area contributed by atoms with Crippen molar-refractivity contribution in [3.8, 4) is 11.1 Å². The van der Waals surface area contributed by atoms with Crippen LogP contribution < -0.4 is 5.73 Å². The van der Waals surface area contributed by atoms with Crippen molar-refractivity contribution in [1.29, 1.82) is 0 Å². The molecule has 0 radical (unpaired) electrons. The van der Waals surface area contributed by atoms with Gasteiger partial charge in [-0.3, -0.25) is 14.3 Å². The molecule has 0 aliphatic heterocycles. The van der Waals surface area contributed by atoms with Crippen molar-refractivity contribution in [1.82, 2.24) is 19.6 Å². The zero-order chi connectivity index (χ0) is 17.7. The Hall–Kier alpha value is -2.58. The van der Waals surface area contributed by atoms with Crippen molar-refractivity contribution in [3.63, 3.8) is 0 Å². The van der Waals surface area contributed by atoms with E-state index in [0.717, 1.165) is 0 Å². The van der Waals surface area contributed by atoms with Gasteiger partial charge in [0.1, 0.15) is 11.3 Å². The third-order valence-electron chi connectivity index (χ3n) is 4.04. The third-order valence-corrected chi connectivity index (χ3v) is 5.18. The molecule has 6 nitrogen and oxygen atoms in total. The molecule has 0 aliphatic rings. The molecular formula is C16H11ClFN5OS. The number of H-pyrrole nitrogens is 1. The van der Waals surface area contributed by atoms with Crippen molar-refractivity contribution in [2.24, 2.45) is 0 Å². The summed E-state index contributed by atoms with van der Waals surface area (Å²) >= 11 is 7.58. The lowest BCUT2D eigenvalue weighted by molar-refractivity contribution is 0.111. The lowest BCUT2D eigenvalue weighted by Gasteiger charge is -2.11. The molecule has 0 aliphatic carbocycles. The molecule has 3 aromatic heterocycles. The number of aldehydes is 1. The van der Waals surface area contributed by atoms with E-state index < -0.39 is 5.82 Å². The summed E-state index contributed by atoms with van der Waals surface area (Å²) in [6, 6.07) is 3.45. The van der Waals surface area contributed by atoms with E-state index in [0.29, 0.717) is 38.9 Å². The molecule has 0 saturated heterocycles. The molecule has 9 heteroatoms. The van der Waals surface area contributed by atoms with Crippen LogP contribution in [0.1, 0.15) is 10.5 Å². The monoisotopic (exact) mass is 375 g/mol. The number of aromatic nitrogens is 4. The summed E-state index contributed by atoms with van der Waals surface area (Å²) < 4.78 is 16.3. The first-order valence-electron chi connectivity index (χ1n) is 7.18. The minimum absolute atomic E-state index is 0.00154. The molecule has 0 amide bonds. The molecular weight excluding hydrogens is 365 g/mol. The number of hydrogen-bond donors (Lipinski definition) is 2. The van der Waals surface area contributed by atoms with Gasteiger partial charge < -0.3 is 5.73 Å². The van der Waals surface area contributed by atoms with Gasteiger partial charge in [0.05, 0.1) is 21.6 Å². The van der Waals surface area contributed by atoms with E-state index in [1.165, 1.54) is 11.8 Å². The normalized spacial score (nSPS) is 11.5. The minimum atomic E-state index is -0.512. The predicted octanol–water partition coefficient (Wildman–Crippen LogP) is 3.79. The largest absolute Gasteiger partial charge is 0.382 e. The number of thioether (sulfide) groups is 1. The van der Waals surface area contributed by atoms with E-state index in [-0.39, 0.29) is 16.5 Å². The Morgan fingerprint density at radius 1 is 1.44 bits per heavy atom. The van der Waals surface area contributed by atoms with Gasteiger partial charge in [-0.05, 0) is 18.4 Å². The second kappa shape index (κ2) is 5.75. The third kappa shape index (κ3) is 2.21. The highest BCUT2D eigenvalue weighted by Crippen LogP contribution is 2.41. The first-order chi connectivity index (χ1) is 12.1. The van der Waals surface area contributed by atoms with Gasteiger partial charge in [-0.25, -0.2) is 9.37 Å².